The van der Waals surface area contributed by atoms with Gasteiger partial charge in [0.25, 0.3) is 0 Å². The van der Waals surface area contributed by atoms with Crippen LogP contribution in [0, 0.1) is 0 Å². The van der Waals surface area contributed by atoms with Gasteiger partial charge >= 0.3 is 0 Å². The Bertz CT molecular complexity index is 741. The average Bonchev–Trinajstić information content (AvgIpc) is 2.61. The minimum absolute atomic E-state index is 0.0734. The van der Waals surface area contributed by atoms with E-state index in [4.69, 9.17) is 4.74 Å². The zero-order chi connectivity index (χ0) is 16.1. The molecule has 0 saturated carbocycles. The van der Waals surface area contributed by atoms with Crippen LogP contribution >= 0.6 is 9.24 Å². The Kier molecular flexibility index (Phi) is 4.79. The second-order valence-corrected chi connectivity index (χ2v) is 6.76. The molecule has 2 aromatic carbocycles. The fourth-order valence-corrected chi connectivity index (χ4v) is 3.29. The molecule has 0 aromatic heterocycles. The van der Waals surface area contributed by atoms with Crippen LogP contribution in [0.3, 0.4) is 0 Å². The highest BCUT2D eigenvalue weighted by atomic mass is 31.0. The van der Waals surface area contributed by atoms with Crippen molar-refractivity contribution in [3.8, 4) is 5.75 Å². The highest BCUT2D eigenvalue weighted by molar-refractivity contribution is 7.20. The lowest BCUT2D eigenvalue weighted by molar-refractivity contribution is 0.415. The van der Waals surface area contributed by atoms with Crippen molar-refractivity contribution in [2.75, 3.05) is 7.11 Å². The summed E-state index contributed by atoms with van der Waals surface area (Å²) in [6.45, 7) is 0. The van der Waals surface area contributed by atoms with Crippen LogP contribution in [0.1, 0.15) is 17.5 Å². The number of benzene rings is 2. The van der Waals surface area contributed by atoms with Crippen LogP contribution in [-0.4, -0.2) is 12.3 Å². The molecular weight excluding hydrogens is 299 g/mol. The molecule has 3 rings (SSSR count). The maximum Gasteiger partial charge on any atom is 0.118 e. The number of ether oxygens (including phenoxy) is 1. The van der Waals surface area contributed by atoms with Crippen molar-refractivity contribution in [2.24, 2.45) is 0 Å². The van der Waals surface area contributed by atoms with Gasteiger partial charge in [-0.1, -0.05) is 72.8 Å². The first kappa shape index (κ1) is 15.8. The van der Waals surface area contributed by atoms with Crippen LogP contribution in [0.25, 0.3) is 11.6 Å². The van der Waals surface area contributed by atoms with Crippen molar-refractivity contribution in [2.45, 2.75) is 11.6 Å². The van der Waals surface area contributed by atoms with E-state index in [9.17, 15) is 0 Å². The van der Waals surface area contributed by atoms with Gasteiger partial charge in [-0.25, -0.2) is 0 Å². The van der Waals surface area contributed by atoms with Gasteiger partial charge in [0.15, 0.2) is 0 Å². The highest BCUT2D eigenvalue weighted by Crippen LogP contribution is 2.42. The van der Waals surface area contributed by atoms with E-state index >= 15 is 0 Å². The number of rotatable bonds is 4. The Hall–Kier alpha value is -2.11. The minimum atomic E-state index is -0.0734. The molecule has 2 atom stereocenters. The van der Waals surface area contributed by atoms with E-state index in [2.05, 4.69) is 82.1 Å². The van der Waals surface area contributed by atoms with Gasteiger partial charge in [0.1, 0.15) is 5.75 Å². The minimum Gasteiger partial charge on any atom is -0.497 e. The molecule has 2 unspecified atom stereocenters. The van der Waals surface area contributed by atoms with Crippen molar-refractivity contribution in [1.82, 2.24) is 0 Å². The molecule has 0 aliphatic heterocycles. The lowest BCUT2D eigenvalue weighted by Gasteiger charge is -2.30. The third-order valence-corrected chi connectivity index (χ3v) is 4.87. The molecule has 0 saturated heterocycles. The summed E-state index contributed by atoms with van der Waals surface area (Å²) in [6.07, 6.45) is 12.0. The summed E-state index contributed by atoms with van der Waals surface area (Å²) >= 11 is 0. The molecular formula is C21H21OP. The summed E-state index contributed by atoms with van der Waals surface area (Å²) in [7, 11) is 4.72. The van der Waals surface area contributed by atoms with E-state index in [1.165, 1.54) is 16.7 Å². The monoisotopic (exact) mass is 320 g/mol. The van der Waals surface area contributed by atoms with Gasteiger partial charge in [-0.3, -0.25) is 0 Å². The molecule has 1 nitrogen and oxygen atoms in total. The molecule has 0 bridgehead atoms. The first-order chi connectivity index (χ1) is 11.2. The van der Waals surface area contributed by atoms with E-state index < -0.39 is 0 Å². The molecule has 23 heavy (non-hydrogen) atoms. The largest absolute Gasteiger partial charge is 0.497 e. The Morgan fingerprint density at radius 3 is 2.48 bits per heavy atom. The summed E-state index contributed by atoms with van der Waals surface area (Å²) in [6, 6.07) is 18.7. The van der Waals surface area contributed by atoms with Crippen LogP contribution in [0.4, 0.5) is 0 Å². The summed E-state index contributed by atoms with van der Waals surface area (Å²) in [5, 5.41) is -0.0734. The Labute approximate surface area is 140 Å². The van der Waals surface area contributed by atoms with E-state index in [0.717, 1.165) is 12.2 Å². The molecule has 1 aliphatic rings. The van der Waals surface area contributed by atoms with Gasteiger partial charge in [-0.2, -0.15) is 0 Å². The van der Waals surface area contributed by atoms with Crippen molar-refractivity contribution in [3.05, 3.63) is 90.0 Å². The number of allylic oxidation sites excluding steroid dienone is 5. The Morgan fingerprint density at radius 2 is 1.78 bits per heavy atom. The fourth-order valence-electron chi connectivity index (χ4n) is 2.79. The maximum absolute atomic E-state index is 5.21. The van der Waals surface area contributed by atoms with Crippen molar-refractivity contribution >= 4 is 20.9 Å². The molecule has 1 aliphatic carbocycles. The first-order valence-corrected chi connectivity index (χ1v) is 8.34. The Morgan fingerprint density at radius 1 is 1.04 bits per heavy atom. The zero-order valence-electron chi connectivity index (χ0n) is 13.3. The third kappa shape index (κ3) is 3.63. The summed E-state index contributed by atoms with van der Waals surface area (Å²) in [4.78, 5) is 0. The molecule has 0 heterocycles. The molecule has 0 amide bonds. The topological polar surface area (TPSA) is 9.23 Å². The standard InChI is InChI=1S/C21H21OP/c1-22-19-12-10-17(11-13-19)14-16-21(23)15-6-5-9-20(21)18-7-3-2-4-8-18/h2-14,16H,15,23H2,1H3. The average molecular weight is 320 g/mol. The van der Waals surface area contributed by atoms with Gasteiger partial charge in [0, 0.05) is 5.16 Å². The van der Waals surface area contributed by atoms with E-state index in [0.29, 0.717) is 0 Å². The van der Waals surface area contributed by atoms with E-state index in [1.54, 1.807) is 7.11 Å². The van der Waals surface area contributed by atoms with Gasteiger partial charge in [-0.05, 0) is 35.3 Å². The predicted octanol–water partition coefficient (Wildman–Crippen LogP) is 5.37. The van der Waals surface area contributed by atoms with Crippen LogP contribution in [0.2, 0.25) is 0 Å². The summed E-state index contributed by atoms with van der Waals surface area (Å²) in [5.41, 5.74) is 3.77. The lowest BCUT2D eigenvalue weighted by atomic mass is 9.85. The molecule has 0 radical (unpaired) electrons. The predicted molar refractivity (Wildman–Crippen MR) is 103 cm³/mol. The van der Waals surface area contributed by atoms with Crippen molar-refractivity contribution in [3.63, 3.8) is 0 Å². The van der Waals surface area contributed by atoms with Gasteiger partial charge in [0.05, 0.1) is 7.11 Å². The lowest BCUT2D eigenvalue weighted by Crippen LogP contribution is -2.20. The quantitative estimate of drug-likeness (QED) is 0.689. The van der Waals surface area contributed by atoms with E-state index in [1.807, 2.05) is 12.1 Å². The molecule has 0 spiro atoms. The smallest absolute Gasteiger partial charge is 0.118 e. The van der Waals surface area contributed by atoms with Gasteiger partial charge < -0.3 is 4.74 Å². The van der Waals surface area contributed by atoms with Crippen LogP contribution in [-0.2, 0) is 0 Å². The number of hydrogen-bond acceptors (Lipinski definition) is 1. The first-order valence-electron chi connectivity index (χ1n) is 7.76. The second kappa shape index (κ2) is 6.98. The molecule has 0 fully saturated rings. The van der Waals surface area contributed by atoms with Crippen LogP contribution < -0.4 is 4.74 Å². The molecule has 2 heteroatoms. The zero-order valence-corrected chi connectivity index (χ0v) is 14.4. The maximum atomic E-state index is 5.21. The normalized spacial score (nSPS) is 20.5. The van der Waals surface area contributed by atoms with E-state index in [-0.39, 0.29) is 5.16 Å². The third-order valence-electron chi connectivity index (χ3n) is 4.13. The van der Waals surface area contributed by atoms with Crippen LogP contribution in [0.15, 0.2) is 78.9 Å². The summed E-state index contributed by atoms with van der Waals surface area (Å²) in [5.74, 6) is 0.883. The Balaban J connectivity index is 1.88. The van der Waals surface area contributed by atoms with Gasteiger partial charge in [-0.15, -0.1) is 9.24 Å². The molecule has 0 N–H and O–H groups in total. The van der Waals surface area contributed by atoms with Crippen LogP contribution in [0.5, 0.6) is 5.75 Å². The fraction of sp³-hybridized carbons (Fsp3) is 0.143. The van der Waals surface area contributed by atoms with Crippen molar-refractivity contribution in [1.29, 1.82) is 0 Å². The summed E-state index contributed by atoms with van der Waals surface area (Å²) < 4.78 is 5.21. The highest BCUT2D eigenvalue weighted by Gasteiger charge is 2.27. The number of hydrogen-bond donors (Lipinski definition) is 0. The molecule has 116 valence electrons. The number of methoxy groups -OCH3 is 1. The van der Waals surface area contributed by atoms with Gasteiger partial charge in [0.2, 0.25) is 0 Å². The van der Waals surface area contributed by atoms with Crippen molar-refractivity contribution < 1.29 is 4.74 Å². The SMILES string of the molecule is COc1ccc(C=CC2(P)CC=CC=C2c2ccccc2)cc1. The second-order valence-electron chi connectivity index (χ2n) is 5.73. The molecule has 2 aromatic rings.